The summed E-state index contributed by atoms with van der Waals surface area (Å²) in [5.74, 6) is 8.10. The second-order valence-electron chi connectivity index (χ2n) is 17.9. The molecule has 6 nitrogen and oxygen atoms in total. The normalized spacial score (nSPS) is 11.8. The zero-order valence-corrected chi connectivity index (χ0v) is 40.6. The summed E-state index contributed by atoms with van der Waals surface area (Å²) in [7, 11) is 0. The van der Waals surface area contributed by atoms with Gasteiger partial charge in [0.1, 0.15) is 0 Å². The van der Waals surface area contributed by atoms with Gasteiger partial charge in [-0.1, -0.05) is 42.5 Å². The number of fused-ring (bicyclic) bond motifs is 4. The number of aromatic nitrogens is 5. The first kappa shape index (κ1) is 42.9. The van der Waals surface area contributed by atoms with E-state index in [9.17, 15) is 0 Å². The fraction of sp³-hybridized carbons (Fsp3) is 0.231. The Kier molecular flexibility index (Phi) is 12.2. The second-order valence-corrected chi connectivity index (χ2v) is 28.5. The molecule has 0 atom stereocenters. The molecule has 0 aliphatic rings. The van der Waals surface area contributed by atoms with Crippen molar-refractivity contribution in [1.82, 2.24) is 24.5 Å². The van der Waals surface area contributed by atoms with Gasteiger partial charge in [-0.05, 0) is 92.0 Å². The Balaban J connectivity index is 0.000000212. The molecule has 0 aliphatic heterocycles. The maximum Gasteiger partial charge on any atom is 0.215 e. The third-order valence-electron chi connectivity index (χ3n) is 10.7. The summed E-state index contributed by atoms with van der Waals surface area (Å²) < 4.78 is 10.1. The number of pyridine rings is 3. The van der Waals surface area contributed by atoms with Crippen LogP contribution in [0, 0.1) is 45.2 Å². The maximum absolute atomic E-state index is 6.37. The Labute approximate surface area is 370 Å². The van der Waals surface area contributed by atoms with Gasteiger partial charge in [-0.25, -0.2) is 4.98 Å². The largest absolute Gasteiger partial charge is 0.499 e. The van der Waals surface area contributed by atoms with Crippen LogP contribution in [0.1, 0.15) is 48.7 Å². The van der Waals surface area contributed by atoms with Crippen molar-refractivity contribution in [2.45, 2.75) is 72.2 Å². The minimum absolute atomic E-state index is 0. The zero-order chi connectivity index (χ0) is 41.6. The summed E-state index contributed by atoms with van der Waals surface area (Å²) >= 11 is -1.90. The predicted molar refractivity (Wildman–Crippen MR) is 247 cm³/mol. The molecule has 9 rings (SSSR count). The van der Waals surface area contributed by atoms with E-state index in [0.29, 0.717) is 16.7 Å². The van der Waals surface area contributed by atoms with Crippen LogP contribution in [-0.2, 0) is 26.5 Å². The van der Waals surface area contributed by atoms with Gasteiger partial charge in [0, 0.05) is 37.3 Å². The average molecular weight is 1030 g/mol. The van der Waals surface area contributed by atoms with Crippen LogP contribution in [0.25, 0.3) is 72.7 Å². The third kappa shape index (κ3) is 8.67. The number of rotatable bonds is 6. The molecule has 0 aliphatic carbocycles. The molecule has 0 saturated carbocycles. The fourth-order valence-electron chi connectivity index (χ4n) is 8.22. The van der Waals surface area contributed by atoms with Crippen molar-refractivity contribution in [3.63, 3.8) is 0 Å². The van der Waals surface area contributed by atoms with E-state index >= 15 is 0 Å². The van der Waals surface area contributed by atoms with Crippen LogP contribution in [-0.4, -0.2) is 37.8 Å². The van der Waals surface area contributed by atoms with Crippen molar-refractivity contribution in [2.24, 2.45) is 5.41 Å². The van der Waals surface area contributed by atoms with Crippen molar-refractivity contribution in [2.75, 3.05) is 0 Å². The molecule has 305 valence electrons. The molecule has 5 heterocycles. The first-order chi connectivity index (χ1) is 28.2. The number of aryl methyl sites for hydroxylation is 4. The summed E-state index contributed by atoms with van der Waals surface area (Å²) in [5.41, 5.74) is 16.5. The topological polar surface area (TPSA) is 69.6 Å². The molecule has 0 spiro atoms. The second kappa shape index (κ2) is 17.0. The van der Waals surface area contributed by atoms with Crippen LogP contribution in [0.15, 0.2) is 120 Å². The van der Waals surface area contributed by atoms with Crippen LogP contribution < -0.4 is 4.40 Å². The molecule has 60 heavy (non-hydrogen) atoms. The Hall–Kier alpha value is -5.21. The van der Waals surface area contributed by atoms with Crippen molar-refractivity contribution >= 4 is 50.9 Å². The first-order valence-corrected chi connectivity index (χ1v) is 27.7. The van der Waals surface area contributed by atoms with Gasteiger partial charge < -0.3 is 8.98 Å². The predicted octanol–water partition coefficient (Wildman–Crippen LogP) is 12.8. The minimum Gasteiger partial charge on any atom is -0.499 e. The molecule has 0 saturated heterocycles. The summed E-state index contributed by atoms with van der Waals surface area (Å²) in [6.45, 7) is 15.3. The van der Waals surface area contributed by atoms with Gasteiger partial charge in [0.2, 0.25) is 5.71 Å². The van der Waals surface area contributed by atoms with Crippen LogP contribution >= 0.6 is 0 Å². The van der Waals surface area contributed by atoms with Crippen LogP contribution in [0.3, 0.4) is 0 Å². The SMILES string of the molecule is CC(C)(C)Cc1cc(-c2[c-]cccc2)nc[c]1[Ge]([CH3])([CH3])[CH3].Cc1cc(C)c2c(n1)oc1c(-c3nc4ccccc4n3-c3c(C)cc(-c4ccccc4)cc3C)[c-]cnc12.[Ir]. The smallest absolute Gasteiger partial charge is 0.215 e. The Morgan fingerprint density at radius 2 is 1.43 bits per heavy atom. The van der Waals surface area contributed by atoms with Crippen molar-refractivity contribution < 1.29 is 24.5 Å². The molecule has 0 N–H and O–H groups in total. The number of imidazole rings is 1. The monoisotopic (exact) mass is 1030 g/mol. The van der Waals surface area contributed by atoms with E-state index in [-0.39, 0.29) is 20.1 Å². The van der Waals surface area contributed by atoms with Gasteiger partial charge in [0.15, 0.2) is 0 Å². The van der Waals surface area contributed by atoms with Gasteiger partial charge >= 0.3 is 132 Å². The van der Waals surface area contributed by atoms with Gasteiger partial charge in [0.25, 0.3) is 0 Å². The number of para-hydroxylation sites is 2. The number of hydrogen-bond donors (Lipinski definition) is 0. The van der Waals surface area contributed by atoms with Gasteiger partial charge in [0.05, 0.1) is 27.5 Å². The number of hydrogen-bond acceptors (Lipinski definition) is 5. The summed E-state index contributed by atoms with van der Waals surface area (Å²) in [6, 6.07) is 42.3. The maximum atomic E-state index is 6.37. The van der Waals surface area contributed by atoms with E-state index in [0.717, 1.165) is 79.1 Å². The van der Waals surface area contributed by atoms with Crippen molar-refractivity contribution in [3.8, 4) is 39.5 Å². The third-order valence-corrected chi connectivity index (χ3v) is 15.0. The van der Waals surface area contributed by atoms with Gasteiger partial charge in [-0.3, -0.25) is 9.97 Å². The van der Waals surface area contributed by atoms with Crippen LogP contribution in [0.5, 0.6) is 0 Å². The Bertz CT molecular complexity index is 2950. The fourth-order valence-corrected chi connectivity index (χ4v) is 11.5. The van der Waals surface area contributed by atoms with E-state index in [2.05, 4.69) is 158 Å². The Morgan fingerprint density at radius 3 is 2.12 bits per heavy atom. The molecule has 0 amide bonds. The minimum atomic E-state index is -1.90. The number of furan rings is 1. The molecule has 5 aromatic heterocycles. The number of nitrogens with zero attached hydrogens (tertiary/aromatic N) is 5. The van der Waals surface area contributed by atoms with E-state index in [1.54, 1.807) is 6.20 Å². The summed E-state index contributed by atoms with van der Waals surface area (Å²) in [4.78, 5) is 19.1. The molecular formula is C52H51GeIrN5O-2. The zero-order valence-electron chi connectivity index (χ0n) is 36.2. The van der Waals surface area contributed by atoms with Crippen molar-refractivity contribution in [1.29, 1.82) is 0 Å². The van der Waals surface area contributed by atoms with Gasteiger partial charge in [-0.2, -0.15) is 0 Å². The average Bonchev–Trinajstić information content (AvgIpc) is 3.76. The molecule has 9 aromatic rings. The molecular weight excluding hydrogens is 975 g/mol. The Morgan fingerprint density at radius 1 is 0.733 bits per heavy atom. The summed E-state index contributed by atoms with van der Waals surface area (Å²) in [6.07, 6.45) is 4.96. The molecule has 4 aromatic carbocycles. The molecule has 0 unspecified atom stereocenters. The molecule has 8 heteroatoms. The quantitative estimate of drug-likeness (QED) is 0.123. The summed E-state index contributed by atoms with van der Waals surface area (Å²) in [5, 5.41) is 0.933. The number of benzene rings is 4. The molecule has 0 fully saturated rings. The van der Waals surface area contributed by atoms with Crippen LogP contribution in [0.2, 0.25) is 17.3 Å². The first-order valence-electron chi connectivity index (χ1n) is 20.3. The van der Waals surface area contributed by atoms with E-state index in [1.165, 1.54) is 21.1 Å². The van der Waals surface area contributed by atoms with Crippen LogP contribution in [0.4, 0.5) is 0 Å². The standard InChI is InChI=1S/C33H25N4O.C19H26GeN.Ir/c1-19-16-22(4)35-33-28(19)29-31(38-33)25(14-15-34-29)32-36-26-12-8-9-13-27(26)37(32)30-20(2)17-24(18-21(30)3)23-10-6-5-7-11-23;1-19(2,3)13-16-12-18(15-10-8-7-9-11-15)21-14-17(16)20(4,5)6;/h5-13,15-18H,1-4H3;7-10,12,14H,13H2,1-6H3;/q2*-1;. The van der Waals surface area contributed by atoms with Crippen molar-refractivity contribution in [3.05, 3.63) is 156 Å². The van der Waals surface area contributed by atoms with E-state index < -0.39 is 13.3 Å². The van der Waals surface area contributed by atoms with E-state index in [4.69, 9.17) is 14.4 Å². The molecule has 1 radical (unpaired) electrons. The molecule has 0 bridgehead atoms. The van der Waals surface area contributed by atoms with Gasteiger partial charge in [-0.15, -0.1) is 11.6 Å². The van der Waals surface area contributed by atoms with E-state index in [1.807, 2.05) is 43.3 Å².